The van der Waals surface area contributed by atoms with Crippen LogP contribution < -0.4 is 16.4 Å². The maximum Gasteiger partial charge on any atom is 0.411 e. The molecule has 0 aliphatic carbocycles. The summed E-state index contributed by atoms with van der Waals surface area (Å²) < 4.78 is 4.46. The lowest BCUT2D eigenvalue weighted by Crippen LogP contribution is -2.45. The summed E-state index contributed by atoms with van der Waals surface area (Å²) in [6, 6.07) is 6.62. The number of amides is 2. The summed E-state index contributed by atoms with van der Waals surface area (Å²) in [6.07, 6.45) is -0.546. The number of carbonyl (C=O) groups is 2. The van der Waals surface area contributed by atoms with Crippen molar-refractivity contribution in [2.45, 2.75) is 19.4 Å². The molecule has 0 aromatic heterocycles. The lowest BCUT2D eigenvalue weighted by atomic mass is 10.1. The SMILES string of the molecule is COC(=O)Nc1ccc(NC(=O)C(C)(C)N)cc1. The second kappa shape index (κ2) is 5.50. The minimum atomic E-state index is -0.942. The van der Waals surface area contributed by atoms with Crippen LogP contribution in [0.1, 0.15) is 13.8 Å². The van der Waals surface area contributed by atoms with Gasteiger partial charge in [-0.2, -0.15) is 0 Å². The number of methoxy groups -OCH3 is 1. The Kier molecular flexibility index (Phi) is 4.28. The largest absolute Gasteiger partial charge is 0.453 e. The molecular weight excluding hydrogens is 234 g/mol. The van der Waals surface area contributed by atoms with E-state index >= 15 is 0 Å². The zero-order valence-corrected chi connectivity index (χ0v) is 10.6. The zero-order valence-electron chi connectivity index (χ0n) is 10.6. The predicted molar refractivity (Wildman–Crippen MR) is 69.4 cm³/mol. The highest BCUT2D eigenvalue weighted by atomic mass is 16.5. The number of nitrogens with one attached hydrogen (secondary N) is 2. The van der Waals surface area contributed by atoms with Crippen molar-refractivity contribution >= 4 is 23.4 Å². The molecule has 0 bridgehead atoms. The summed E-state index contributed by atoms with van der Waals surface area (Å²) in [5.74, 6) is -0.281. The maximum atomic E-state index is 11.6. The van der Waals surface area contributed by atoms with Crippen LogP contribution in [0.15, 0.2) is 24.3 Å². The van der Waals surface area contributed by atoms with E-state index in [0.717, 1.165) is 0 Å². The number of benzene rings is 1. The van der Waals surface area contributed by atoms with Crippen molar-refractivity contribution in [2.24, 2.45) is 5.73 Å². The van der Waals surface area contributed by atoms with Crippen LogP contribution in [0, 0.1) is 0 Å². The van der Waals surface area contributed by atoms with Gasteiger partial charge in [-0.25, -0.2) is 4.79 Å². The van der Waals surface area contributed by atoms with Crippen molar-refractivity contribution in [1.29, 1.82) is 0 Å². The number of nitrogens with two attached hydrogens (primary N) is 1. The van der Waals surface area contributed by atoms with Crippen LogP contribution in [-0.2, 0) is 9.53 Å². The lowest BCUT2D eigenvalue weighted by Gasteiger charge is -2.17. The van der Waals surface area contributed by atoms with Gasteiger partial charge >= 0.3 is 6.09 Å². The predicted octanol–water partition coefficient (Wildman–Crippen LogP) is 1.54. The number of rotatable bonds is 3. The van der Waals surface area contributed by atoms with Crippen molar-refractivity contribution in [3.05, 3.63) is 24.3 Å². The number of carbonyl (C=O) groups excluding carboxylic acids is 2. The summed E-state index contributed by atoms with van der Waals surface area (Å²) >= 11 is 0. The second-order valence-corrected chi connectivity index (χ2v) is 4.37. The summed E-state index contributed by atoms with van der Waals surface area (Å²) in [5.41, 5.74) is 5.89. The minimum absolute atomic E-state index is 0.281. The van der Waals surface area contributed by atoms with Gasteiger partial charge in [-0.05, 0) is 38.1 Å². The van der Waals surface area contributed by atoms with E-state index in [9.17, 15) is 9.59 Å². The van der Waals surface area contributed by atoms with Gasteiger partial charge in [0.05, 0.1) is 12.6 Å². The van der Waals surface area contributed by atoms with Crippen LogP contribution in [0.25, 0.3) is 0 Å². The molecule has 0 unspecified atom stereocenters. The van der Waals surface area contributed by atoms with E-state index in [4.69, 9.17) is 5.73 Å². The molecule has 0 saturated heterocycles. The summed E-state index contributed by atoms with van der Waals surface area (Å²) in [5, 5.41) is 5.17. The van der Waals surface area contributed by atoms with Gasteiger partial charge < -0.3 is 15.8 Å². The van der Waals surface area contributed by atoms with Gasteiger partial charge in [-0.15, -0.1) is 0 Å². The van der Waals surface area contributed by atoms with Crippen LogP contribution in [0.2, 0.25) is 0 Å². The van der Waals surface area contributed by atoms with Crippen LogP contribution >= 0.6 is 0 Å². The van der Waals surface area contributed by atoms with Gasteiger partial charge in [0, 0.05) is 11.4 Å². The third-order valence-electron chi connectivity index (χ3n) is 2.16. The molecule has 0 heterocycles. The normalized spacial score (nSPS) is 10.7. The highest BCUT2D eigenvalue weighted by Gasteiger charge is 2.21. The Labute approximate surface area is 105 Å². The molecular formula is C12H17N3O3. The fraction of sp³-hybridized carbons (Fsp3) is 0.333. The van der Waals surface area contributed by atoms with Crippen LogP contribution in [0.4, 0.5) is 16.2 Å². The first-order valence-electron chi connectivity index (χ1n) is 5.38. The molecule has 2 amide bonds. The molecule has 0 atom stereocenters. The molecule has 0 radical (unpaired) electrons. The van der Waals surface area contributed by atoms with Gasteiger partial charge in [0.15, 0.2) is 0 Å². The first kappa shape index (κ1) is 14.0. The smallest absolute Gasteiger partial charge is 0.411 e. The highest BCUT2D eigenvalue weighted by Crippen LogP contribution is 2.14. The van der Waals surface area contributed by atoms with Crippen LogP contribution in [0.5, 0.6) is 0 Å². The quantitative estimate of drug-likeness (QED) is 0.759. The molecule has 4 N–H and O–H groups in total. The third-order valence-corrected chi connectivity index (χ3v) is 2.16. The standard InChI is InChI=1S/C12H17N3O3/c1-12(2,13)10(16)14-8-4-6-9(7-5-8)15-11(17)18-3/h4-7H,13H2,1-3H3,(H,14,16)(H,15,17). The van der Waals surface area contributed by atoms with E-state index in [2.05, 4.69) is 15.4 Å². The molecule has 0 aliphatic rings. The van der Waals surface area contributed by atoms with E-state index in [1.54, 1.807) is 38.1 Å². The van der Waals surface area contributed by atoms with Crippen LogP contribution in [-0.4, -0.2) is 24.6 Å². The van der Waals surface area contributed by atoms with Gasteiger partial charge in [0.1, 0.15) is 0 Å². The fourth-order valence-corrected chi connectivity index (χ4v) is 1.10. The van der Waals surface area contributed by atoms with Crippen molar-refractivity contribution in [3.8, 4) is 0 Å². The topological polar surface area (TPSA) is 93.5 Å². The van der Waals surface area contributed by atoms with Crippen molar-refractivity contribution in [2.75, 3.05) is 17.7 Å². The Morgan fingerprint density at radius 1 is 1.11 bits per heavy atom. The van der Waals surface area contributed by atoms with Gasteiger partial charge in [0.25, 0.3) is 0 Å². The number of ether oxygens (including phenoxy) is 1. The molecule has 18 heavy (non-hydrogen) atoms. The summed E-state index contributed by atoms with van der Waals surface area (Å²) in [4.78, 5) is 22.6. The van der Waals surface area contributed by atoms with Crippen molar-refractivity contribution in [1.82, 2.24) is 0 Å². The second-order valence-electron chi connectivity index (χ2n) is 4.37. The molecule has 0 saturated carbocycles. The summed E-state index contributed by atoms with van der Waals surface area (Å²) in [7, 11) is 1.28. The van der Waals surface area contributed by atoms with Gasteiger partial charge in [-0.3, -0.25) is 10.1 Å². The number of hydrogen-bond acceptors (Lipinski definition) is 4. The molecule has 0 spiro atoms. The maximum absolute atomic E-state index is 11.6. The van der Waals surface area contributed by atoms with E-state index in [1.807, 2.05) is 0 Å². The summed E-state index contributed by atoms with van der Waals surface area (Å²) in [6.45, 7) is 3.24. The first-order valence-corrected chi connectivity index (χ1v) is 5.38. The third kappa shape index (κ3) is 4.06. The number of anilines is 2. The van der Waals surface area contributed by atoms with E-state index < -0.39 is 11.6 Å². The Balaban J connectivity index is 2.66. The van der Waals surface area contributed by atoms with Crippen molar-refractivity contribution < 1.29 is 14.3 Å². The number of hydrogen-bond donors (Lipinski definition) is 3. The molecule has 1 aromatic carbocycles. The molecule has 6 heteroatoms. The Bertz CT molecular complexity index is 435. The van der Waals surface area contributed by atoms with E-state index in [-0.39, 0.29) is 5.91 Å². The fourth-order valence-electron chi connectivity index (χ4n) is 1.10. The molecule has 6 nitrogen and oxygen atoms in total. The van der Waals surface area contributed by atoms with Gasteiger partial charge in [0.2, 0.25) is 5.91 Å². The zero-order chi connectivity index (χ0) is 13.8. The van der Waals surface area contributed by atoms with E-state index in [1.165, 1.54) is 7.11 Å². The average molecular weight is 251 g/mol. The monoisotopic (exact) mass is 251 g/mol. The van der Waals surface area contributed by atoms with Crippen LogP contribution in [0.3, 0.4) is 0 Å². The Hall–Kier alpha value is -2.08. The van der Waals surface area contributed by atoms with Gasteiger partial charge in [-0.1, -0.05) is 0 Å². The highest BCUT2D eigenvalue weighted by molar-refractivity contribution is 5.97. The lowest BCUT2D eigenvalue weighted by molar-refractivity contribution is -0.120. The van der Waals surface area contributed by atoms with Crippen molar-refractivity contribution in [3.63, 3.8) is 0 Å². The molecule has 0 aliphatic heterocycles. The molecule has 98 valence electrons. The Morgan fingerprint density at radius 3 is 1.94 bits per heavy atom. The minimum Gasteiger partial charge on any atom is -0.453 e. The Morgan fingerprint density at radius 2 is 1.56 bits per heavy atom. The molecule has 0 fully saturated rings. The average Bonchev–Trinajstić information content (AvgIpc) is 2.30. The molecule has 1 aromatic rings. The molecule has 1 rings (SSSR count). The first-order chi connectivity index (χ1) is 8.32. The van der Waals surface area contributed by atoms with E-state index in [0.29, 0.717) is 11.4 Å².